The third kappa shape index (κ3) is 6.03. The van der Waals surface area contributed by atoms with Crippen LogP contribution in [-0.2, 0) is 11.3 Å². The molecule has 0 saturated carbocycles. The molecule has 1 aliphatic rings. The number of nitrogens with one attached hydrogen (secondary N) is 2. The van der Waals surface area contributed by atoms with Crippen molar-refractivity contribution in [2.45, 2.75) is 39.3 Å². The van der Waals surface area contributed by atoms with Crippen LogP contribution in [0.2, 0.25) is 0 Å². The first kappa shape index (κ1) is 23.7. The molecule has 2 N–H and O–H groups in total. The van der Waals surface area contributed by atoms with Crippen LogP contribution in [0.5, 0.6) is 5.75 Å². The van der Waals surface area contributed by atoms with Gasteiger partial charge in [0.1, 0.15) is 29.4 Å². The number of carbonyl (C=O) groups is 1. The fraction of sp³-hybridized carbons (Fsp3) is 0.500. The van der Waals surface area contributed by atoms with Crippen LogP contribution in [0.15, 0.2) is 39.7 Å². The predicted molar refractivity (Wildman–Crippen MR) is 124 cm³/mol. The number of carbonyl (C=O) groups excluding carboxylic acids is 1. The number of rotatable bonds is 9. The molecule has 1 aromatic carbocycles. The summed E-state index contributed by atoms with van der Waals surface area (Å²) in [6, 6.07) is 10.2. The summed E-state index contributed by atoms with van der Waals surface area (Å²) in [4.78, 5) is 19.0. The number of benzene rings is 1. The zero-order chi connectivity index (χ0) is 22.9. The predicted octanol–water partition coefficient (Wildman–Crippen LogP) is 3.28. The molecule has 1 fully saturated rings. The first-order valence-electron chi connectivity index (χ1n) is 11.1. The Hall–Kier alpha value is -3.00. The standard InChI is InChI=1S/C24H34N4O4/c1-5-25-24(26-15-20-14-21(17(2)32-20)23(29)31-4)27-16-22(28-11-6-7-12-28)18-9-8-10-19(13-18)30-3/h8-10,13-14,22H,5-7,11-12,15-16H2,1-4H3,(H2,25,26,27). The smallest absolute Gasteiger partial charge is 0.341 e. The van der Waals surface area contributed by atoms with Gasteiger partial charge in [-0.25, -0.2) is 9.79 Å². The number of aliphatic imine (C=N–C) groups is 1. The zero-order valence-corrected chi connectivity index (χ0v) is 19.4. The van der Waals surface area contributed by atoms with Gasteiger partial charge in [-0.3, -0.25) is 4.90 Å². The van der Waals surface area contributed by atoms with Crippen molar-refractivity contribution in [3.63, 3.8) is 0 Å². The SMILES string of the molecule is CCNC(=NCc1cc(C(=O)OC)c(C)o1)NCC(c1cccc(OC)c1)N1CCCC1. The Morgan fingerprint density at radius 3 is 2.69 bits per heavy atom. The molecule has 174 valence electrons. The van der Waals surface area contributed by atoms with Gasteiger partial charge >= 0.3 is 5.97 Å². The van der Waals surface area contributed by atoms with Gasteiger partial charge in [-0.15, -0.1) is 0 Å². The summed E-state index contributed by atoms with van der Waals surface area (Å²) in [5.41, 5.74) is 1.65. The van der Waals surface area contributed by atoms with E-state index in [-0.39, 0.29) is 6.04 Å². The van der Waals surface area contributed by atoms with E-state index in [4.69, 9.17) is 13.9 Å². The second-order valence-corrected chi connectivity index (χ2v) is 7.79. The van der Waals surface area contributed by atoms with Crippen LogP contribution in [0, 0.1) is 6.92 Å². The van der Waals surface area contributed by atoms with Crippen LogP contribution >= 0.6 is 0 Å². The van der Waals surface area contributed by atoms with Crippen LogP contribution < -0.4 is 15.4 Å². The van der Waals surface area contributed by atoms with E-state index >= 15 is 0 Å². The van der Waals surface area contributed by atoms with E-state index in [1.165, 1.54) is 25.5 Å². The quantitative estimate of drug-likeness (QED) is 0.350. The highest BCUT2D eigenvalue weighted by atomic mass is 16.5. The normalized spacial score (nSPS) is 15.4. The lowest BCUT2D eigenvalue weighted by molar-refractivity contribution is 0.0599. The minimum atomic E-state index is -0.404. The van der Waals surface area contributed by atoms with Crippen LogP contribution in [0.25, 0.3) is 0 Å². The molecular formula is C24H34N4O4. The van der Waals surface area contributed by atoms with Crippen LogP contribution in [-0.4, -0.2) is 57.2 Å². The van der Waals surface area contributed by atoms with E-state index < -0.39 is 5.97 Å². The molecule has 1 unspecified atom stereocenters. The Morgan fingerprint density at radius 1 is 1.22 bits per heavy atom. The van der Waals surface area contributed by atoms with Crippen molar-refractivity contribution >= 4 is 11.9 Å². The number of aryl methyl sites for hydroxylation is 1. The van der Waals surface area contributed by atoms with Crippen LogP contribution in [0.3, 0.4) is 0 Å². The summed E-state index contributed by atoms with van der Waals surface area (Å²) in [6.07, 6.45) is 2.43. The first-order valence-corrected chi connectivity index (χ1v) is 11.1. The summed E-state index contributed by atoms with van der Waals surface area (Å²) in [5.74, 6) is 2.31. The van der Waals surface area contributed by atoms with Crippen LogP contribution in [0.4, 0.5) is 0 Å². The lowest BCUT2D eigenvalue weighted by Crippen LogP contribution is -2.42. The summed E-state index contributed by atoms with van der Waals surface area (Å²) < 4.78 is 15.9. The van der Waals surface area contributed by atoms with Gasteiger partial charge in [-0.05, 0) is 63.5 Å². The molecule has 8 nitrogen and oxygen atoms in total. The number of furan rings is 1. The summed E-state index contributed by atoms with van der Waals surface area (Å²) in [7, 11) is 3.05. The molecule has 2 heterocycles. The second-order valence-electron chi connectivity index (χ2n) is 7.79. The summed E-state index contributed by atoms with van der Waals surface area (Å²) in [5, 5.41) is 6.77. The summed E-state index contributed by atoms with van der Waals surface area (Å²) in [6.45, 7) is 7.72. The van der Waals surface area contributed by atoms with Gasteiger partial charge in [0.05, 0.1) is 20.3 Å². The number of nitrogens with zero attached hydrogens (tertiary/aromatic N) is 2. The molecule has 0 spiro atoms. The van der Waals surface area contributed by atoms with Gasteiger partial charge in [0.2, 0.25) is 0 Å². The minimum Gasteiger partial charge on any atom is -0.497 e. The molecule has 2 aromatic rings. The summed E-state index contributed by atoms with van der Waals surface area (Å²) >= 11 is 0. The van der Waals surface area contributed by atoms with Crippen molar-refractivity contribution in [1.82, 2.24) is 15.5 Å². The zero-order valence-electron chi connectivity index (χ0n) is 19.4. The fourth-order valence-electron chi connectivity index (χ4n) is 3.99. The number of esters is 1. The molecule has 1 aliphatic heterocycles. The van der Waals surface area contributed by atoms with Crippen molar-refractivity contribution in [3.8, 4) is 5.75 Å². The average Bonchev–Trinajstić information content (AvgIpc) is 3.47. The molecule has 0 aliphatic carbocycles. The Labute approximate surface area is 190 Å². The van der Waals surface area contributed by atoms with E-state index in [9.17, 15) is 4.79 Å². The van der Waals surface area contributed by atoms with Gasteiger partial charge in [-0.1, -0.05) is 12.1 Å². The maximum Gasteiger partial charge on any atom is 0.341 e. The highest BCUT2D eigenvalue weighted by molar-refractivity contribution is 5.90. The van der Waals surface area contributed by atoms with E-state index in [2.05, 4.69) is 32.7 Å². The van der Waals surface area contributed by atoms with Gasteiger partial charge in [0.25, 0.3) is 0 Å². The Bertz CT molecular complexity index is 918. The molecule has 0 amide bonds. The van der Waals surface area contributed by atoms with Crippen LogP contribution in [0.1, 0.15) is 53.2 Å². The number of ether oxygens (including phenoxy) is 2. The second kappa shape index (κ2) is 11.6. The monoisotopic (exact) mass is 442 g/mol. The number of methoxy groups -OCH3 is 2. The molecule has 1 saturated heterocycles. The fourth-order valence-corrected chi connectivity index (χ4v) is 3.99. The van der Waals surface area contributed by atoms with E-state index in [1.807, 2.05) is 19.1 Å². The Balaban J connectivity index is 1.72. The van der Waals surface area contributed by atoms with Crippen molar-refractivity contribution in [2.24, 2.45) is 4.99 Å². The molecule has 32 heavy (non-hydrogen) atoms. The lowest BCUT2D eigenvalue weighted by Gasteiger charge is -2.29. The van der Waals surface area contributed by atoms with E-state index in [0.29, 0.717) is 36.1 Å². The number of hydrogen-bond acceptors (Lipinski definition) is 6. The Kier molecular flexibility index (Phi) is 8.56. The molecular weight excluding hydrogens is 408 g/mol. The maximum atomic E-state index is 11.8. The van der Waals surface area contributed by atoms with Gasteiger partial charge in [-0.2, -0.15) is 0 Å². The average molecular weight is 443 g/mol. The molecule has 0 bridgehead atoms. The van der Waals surface area contributed by atoms with Crippen molar-refractivity contribution in [2.75, 3.05) is 40.4 Å². The molecule has 8 heteroatoms. The Morgan fingerprint density at radius 2 is 2.00 bits per heavy atom. The highest BCUT2D eigenvalue weighted by Crippen LogP contribution is 2.27. The van der Waals surface area contributed by atoms with E-state index in [1.54, 1.807) is 20.1 Å². The van der Waals surface area contributed by atoms with Crippen molar-refractivity contribution in [3.05, 3.63) is 53.0 Å². The highest BCUT2D eigenvalue weighted by Gasteiger charge is 2.24. The molecule has 1 atom stereocenters. The van der Waals surface area contributed by atoms with Crippen molar-refractivity contribution in [1.29, 1.82) is 0 Å². The number of hydrogen-bond donors (Lipinski definition) is 2. The topological polar surface area (TPSA) is 88.3 Å². The molecule has 3 rings (SSSR count). The molecule has 0 radical (unpaired) electrons. The maximum absolute atomic E-state index is 11.8. The molecule has 1 aromatic heterocycles. The minimum absolute atomic E-state index is 0.216. The van der Waals surface area contributed by atoms with E-state index in [0.717, 1.165) is 25.4 Å². The number of likely N-dealkylation sites (tertiary alicyclic amines) is 1. The van der Waals surface area contributed by atoms with Gasteiger partial charge in [0.15, 0.2) is 5.96 Å². The van der Waals surface area contributed by atoms with Gasteiger partial charge < -0.3 is 24.5 Å². The van der Waals surface area contributed by atoms with Crippen molar-refractivity contribution < 1.29 is 18.7 Å². The lowest BCUT2D eigenvalue weighted by atomic mass is 10.1. The largest absolute Gasteiger partial charge is 0.497 e. The third-order valence-electron chi connectivity index (χ3n) is 5.63. The van der Waals surface area contributed by atoms with Gasteiger partial charge in [0, 0.05) is 13.1 Å². The number of guanidine groups is 1. The third-order valence-corrected chi connectivity index (χ3v) is 5.63. The first-order chi connectivity index (χ1) is 15.5.